The Bertz CT molecular complexity index is 1180. The minimum Gasteiger partial charge on any atom is -0.322 e. The van der Waals surface area contributed by atoms with E-state index in [1.54, 1.807) is 18.2 Å². The fraction of sp³-hybridized carbons (Fsp3) is 0.0952. The van der Waals surface area contributed by atoms with Crippen molar-refractivity contribution < 1.29 is 17.6 Å². The van der Waals surface area contributed by atoms with Crippen LogP contribution in [0.2, 0.25) is 5.02 Å². The van der Waals surface area contributed by atoms with Crippen LogP contribution in [0.1, 0.15) is 21.5 Å². The van der Waals surface area contributed by atoms with Crippen molar-refractivity contribution >= 4 is 38.9 Å². The van der Waals surface area contributed by atoms with Crippen molar-refractivity contribution in [2.24, 2.45) is 0 Å². The van der Waals surface area contributed by atoms with E-state index in [0.717, 1.165) is 11.6 Å². The van der Waals surface area contributed by atoms with E-state index in [2.05, 4.69) is 10.0 Å². The van der Waals surface area contributed by atoms with E-state index in [4.69, 9.17) is 11.6 Å². The Morgan fingerprint density at radius 3 is 2.24 bits per heavy atom. The zero-order valence-electron chi connectivity index (χ0n) is 15.7. The number of halogens is 2. The van der Waals surface area contributed by atoms with E-state index in [-0.39, 0.29) is 22.1 Å². The minimum absolute atomic E-state index is 0.0450. The molecule has 0 bridgehead atoms. The van der Waals surface area contributed by atoms with Crippen LogP contribution in [0.25, 0.3) is 0 Å². The molecule has 0 atom stereocenters. The molecule has 8 heteroatoms. The Morgan fingerprint density at radius 2 is 1.62 bits per heavy atom. The summed E-state index contributed by atoms with van der Waals surface area (Å²) in [7, 11) is -3.87. The summed E-state index contributed by atoms with van der Waals surface area (Å²) in [6.07, 6.45) is 0. The minimum atomic E-state index is -3.87. The highest BCUT2D eigenvalue weighted by molar-refractivity contribution is 7.92. The van der Waals surface area contributed by atoms with Crippen molar-refractivity contribution in [2.75, 3.05) is 10.0 Å². The van der Waals surface area contributed by atoms with Gasteiger partial charge in [-0.25, -0.2) is 12.8 Å². The molecule has 0 fully saturated rings. The van der Waals surface area contributed by atoms with Gasteiger partial charge in [-0.2, -0.15) is 0 Å². The molecule has 0 aliphatic heterocycles. The maximum atomic E-state index is 13.4. The SMILES string of the molecule is Cc1cc(S(=O)(=O)Nc2ccc(C(=O)Nc3ccc(Cl)cc3C)cc2)ccc1F. The standard InChI is InChI=1S/C21H18ClFN2O3S/c1-13-12-18(8-9-19(13)23)29(27,28)25-17-6-3-15(4-7-17)21(26)24-20-10-5-16(22)11-14(20)2/h3-12,25H,1-2H3,(H,24,26). The number of carbonyl (C=O) groups is 1. The van der Waals surface area contributed by atoms with Crippen LogP contribution in [0.5, 0.6) is 0 Å². The van der Waals surface area contributed by atoms with E-state index in [1.165, 1.54) is 43.3 Å². The van der Waals surface area contributed by atoms with E-state index in [0.29, 0.717) is 16.3 Å². The van der Waals surface area contributed by atoms with Crippen molar-refractivity contribution in [3.05, 3.63) is 88.2 Å². The van der Waals surface area contributed by atoms with Gasteiger partial charge in [-0.05, 0) is 85.6 Å². The summed E-state index contributed by atoms with van der Waals surface area (Å²) in [4.78, 5) is 12.4. The van der Waals surface area contributed by atoms with Crippen LogP contribution < -0.4 is 10.0 Å². The first-order valence-corrected chi connectivity index (χ1v) is 10.5. The predicted octanol–water partition coefficient (Wildman–Crippen LogP) is 5.15. The highest BCUT2D eigenvalue weighted by atomic mass is 35.5. The van der Waals surface area contributed by atoms with Crippen molar-refractivity contribution in [1.29, 1.82) is 0 Å². The molecule has 1 amide bonds. The summed E-state index contributed by atoms with van der Waals surface area (Å²) in [5, 5.41) is 3.36. The monoisotopic (exact) mass is 432 g/mol. The number of rotatable bonds is 5. The lowest BCUT2D eigenvalue weighted by Crippen LogP contribution is -2.15. The molecule has 150 valence electrons. The third-order valence-electron chi connectivity index (χ3n) is 4.28. The summed E-state index contributed by atoms with van der Waals surface area (Å²) in [5.41, 5.74) is 2.34. The van der Waals surface area contributed by atoms with Gasteiger partial charge in [0.1, 0.15) is 5.82 Å². The Labute approximate surface area is 173 Å². The normalized spacial score (nSPS) is 11.2. The van der Waals surface area contributed by atoms with Crippen LogP contribution in [0, 0.1) is 19.7 Å². The fourth-order valence-corrected chi connectivity index (χ4v) is 4.02. The highest BCUT2D eigenvalue weighted by Gasteiger charge is 2.16. The number of aryl methyl sites for hydroxylation is 2. The quantitative estimate of drug-likeness (QED) is 0.585. The molecule has 0 unspecified atom stereocenters. The molecule has 3 aromatic carbocycles. The first-order valence-electron chi connectivity index (χ1n) is 8.62. The molecule has 0 aliphatic rings. The molecule has 2 N–H and O–H groups in total. The average molecular weight is 433 g/mol. The summed E-state index contributed by atoms with van der Waals surface area (Å²) in [6, 6.07) is 14.7. The number of anilines is 2. The van der Waals surface area contributed by atoms with Crippen LogP contribution in [-0.4, -0.2) is 14.3 Å². The largest absolute Gasteiger partial charge is 0.322 e. The van der Waals surface area contributed by atoms with Gasteiger partial charge < -0.3 is 5.32 Å². The molecule has 0 aromatic heterocycles. The smallest absolute Gasteiger partial charge is 0.261 e. The topological polar surface area (TPSA) is 75.3 Å². The molecular formula is C21H18ClFN2O3S. The Balaban J connectivity index is 1.74. The van der Waals surface area contributed by atoms with E-state index >= 15 is 0 Å². The van der Waals surface area contributed by atoms with Crippen molar-refractivity contribution in [2.45, 2.75) is 18.7 Å². The zero-order valence-corrected chi connectivity index (χ0v) is 17.2. The van der Waals surface area contributed by atoms with Gasteiger partial charge in [-0.1, -0.05) is 11.6 Å². The number of nitrogens with one attached hydrogen (secondary N) is 2. The first kappa shape index (κ1) is 20.8. The molecule has 29 heavy (non-hydrogen) atoms. The van der Waals surface area contributed by atoms with Crippen molar-refractivity contribution in [3.63, 3.8) is 0 Å². The summed E-state index contributed by atoms with van der Waals surface area (Å²) in [5.74, 6) is -0.811. The Hall–Kier alpha value is -2.90. The number of hydrogen-bond donors (Lipinski definition) is 2. The molecule has 5 nitrogen and oxygen atoms in total. The summed E-state index contributed by atoms with van der Waals surface area (Å²) in [6.45, 7) is 3.32. The van der Waals surface area contributed by atoms with Crippen LogP contribution in [0.4, 0.5) is 15.8 Å². The molecule has 0 radical (unpaired) electrons. The number of hydrogen-bond acceptors (Lipinski definition) is 3. The van der Waals surface area contributed by atoms with E-state index in [9.17, 15) is 17.6 Å². The summed E-state index contributed by atoms with van der Waals surface area (Å²) >= 11 is 5.91. The fourth-order valence-electron chi connectivity index (χ4n) is 2.65. The molecule has 3 aromatic rings. The van der Waals surface area contributed by atoms with E-state index < -0.39 is 15.8 Å². The molecule has 0 aliphatic carbocycles. The third-order valence-corrected chi connectivity index (χ3v) is 5.89. The molecule has 0 saturated carbocycles. The van der Waals surface area contributed by atoms with Gasteiger partial charge in [0, 0.05) is 22.0 Å². The average Bonchev–Trinajstić information content (AvgIpc) is 2.66. The van der Waals surface area contributed by atoms with Crippen molar-refractivity contribution in [3.8, 4) is 0 Å². The number of benzene rings is 3. The van der Waals surface area contributed by atoms with Gasteiger partial charge in [0.2, 0.25) is 0 Å². The van der Waals surface area contributed by atoms with Gasteiger partial charge in [-0.3, -0.25) is 9.52 Å². The van der Waals surface area contributed by atoms with Crippen LogP contribution >= 0.6 is 11.6 Å². The molecule has 3 rings (SSSR count). The maximum absolute atomic E-state index is 13.4. The molecule has 0 spiro atoms. The molecular weight excluding hydrogens is 415 g/mol. The second-order valence-corrected chi connectivity index (χ2v) is 8.63. The van der Waals surface area contributed by atoms with Gasteiger partial charge in [0.05, 0.1) is 4.90 Å². The number of sulfonamides is 1. The van der Waals surface area contributed by atoms with Gasteiger partial charge >= 0.3 is 0 Å². The number of amides is 1. The second kappa shape index (κ2) is 8.23. The van der Waals surface area contributed by atoms with Crippen LogP contribution in [0.15, 0.2) is 65.6 Å². The first-order chi connectivity index (χ1) is 13.7. The lowest BCUT2D eigenvalue weighted by molar-refractivity contribution is 0.102. The third kappa shape index (κ3) is 4.93. The highest BCUT2D eigenvalue weighted by Crippen LogP contribution is 2.22. The Kier molecular flexibility index (Phi) is 5.91. The number of carbonyl (C=O) groups excluding carboxylic acids is 1. The van der Waals surface area contributed by atoms with E-state index in [1.807, 2.05) is 6.92 Å². The predicted molar refractivity (Wildman–Crippen MR) is 113 cm³/mol. The molecule has 0 heterocycles. The van der Waals surface area contributed by atoms with Gasteiger partial charge in [0.15, 0.2) is 0 Å². The Morgan fingerprint density at radius 1 is 0.931 bits per heavy atom. The zero-order chi connectivity index (χ0) is 21.2. The van der Waals surface area contributed by atoms with Crippen molar-refractivity contribution in [1.82, 2.24) is 0 Å². The van der Waals surface area contributed by atoms with Gasteiger partial charge in [0.25, 0.3) is 15.9 Å². The van der Waals surface area contributed by atoms with Crippen LogP contribution in [-0.2, 0) is 10.0 Å². The van der Waals surface area contributed by atoms with Gasteiger partial charge in [-0.15, -0.1) is 0 Å². The van der Waals surface area contributed by atoms with Crippen LogP contribution in [0.3, 0.4) is 0 Å². The second-order valence-electron chi connectivity index (χ2n) is 6.51. The maximum Gasteiger partial charge on any atom is 0.261 e. The molecule has 0 saturated heterocycles. The summed E-state index contributed by atoms with van der Waals surface area (Å²) < 4.78 is 40.7. The lowest BCUT2D eigenvalue weighted by atomic mass is 10.1. The lowest BCUT2D eigenvalue weighted by Gasteiger charge is -2.11.